The van der Waals surface area contributed by atoms with Gasteiger partial charge in [0, 0.05) is 11.8 Å². The van der Waals surface area contributed by atoms with Crippen LogP contribution in [-0.2, 0) is 6.54 Å². The lowest BCUT2D eigenvalue weighted by Gasteiger charge is -2.10. The van der Waals surface area contributed by atoms with E-state index in [2.05, 4.69) is 25.3 Å². The van der Waals surface area contributed by atoms with E-state index < -0.39 is 8.07 Å². The van der Waals surface area contributed by atoms with E-state index in [0.717, 1.165) is 17.8 Å². The molecule has 1 aromatic rings. The monoisotopic (exact) mass is 205 g/mol. The van der Waals surface area contributed by atoms with E-state index in [0.29, 0.717) is 0 Å². The van der Waals surface area contributed by atoms with Gasteiger partial charge in [0.1, 0.15) is 0 Å². The number of fused-ring (bicyclic) bond motifs is 1. The van der Waals surface area contributed by atoms with E-state index in [-0.39, 0.29) is 5.78 Å². The van der Waals surface area contributed by atoms with Gasteiger partial charge in [-0.3, -0.25) is 4.79 Å². The number of carbonyl (C=O) groups is 1. The van der Waals surface area contributed by atoms with Gasteiger partial charge < -0.3 is 4.57 Å². The summed E-state index contributed by atoms with van der Waals surface area (Å²) in [5, 5.41) is 0. The lowest BCUT2D eigenvalue weighted by Crippen LogP contribution is -2.18. The average molecular weight is 205 g/mol. The summed E-state index contributed by atoms with van der Waals surface area (Å²) in [6.07, 6.45) is 1.97. The number of ketones is 1. The van der Waals surface area contributed by atoms with Crippen LogP contribution in [0.2, 0.25) is 19.6 Å². The molecule has 0 aliphatic carbocycles. The van der Waals surface area contributed by atoms with E-state index >= 15 is 0 Å². The zero-order chi connectivity index (χ0) is 10.3. The molecule has 2 heterocycles. The molecule has 2 nitrogen and oxygen atoms in total. The van der Waals surface area contributed by atoms with Crippen molar-refractivity contribution >= 4 is 13.9 Å². The van der Waals surface area contributed by atoms with Gasteiger partial charge in [0.15, 0.2) is 0 Å². The van der Waals surface area contributed by atoms with E-state index in [4.69, 9.17) is 0 Å². The molecular formula is C11H15NOSi. The Bertz CT molecular complexity index is 409. The molecule has 1 aliphatic heterocycles. The molecule has 3 heteroatoms. The van der Waals surface area contributed by atoms with Crippen molar-refractivity contribution in [3.8, 4) is 0 Å². The number of nitrogens with zero attached hydrogens (tertiary/aromatic N) is 1. The van der Waals surface area contributed by atoms with Gasteiger partial charge in [-0.2, -0.15) is 0 Å². The number of hydrogen-bond donors (Lipinski definition) is 0. The van der Waals surface area contributed by atoms with Crippen LogP contribution in [0.4, 0.5) is 0 Å². The molecule has 0 radical (unpaired) electrons. The molecule has 14 heavy (non-hydrogen) atoms. The molecule has 2 rings (SSSR count). The molecule has 74 valence electrons. The first-order chi connectivity index (χ1) is 6.47. The Morgan fingerprint density at radius 1 is 1.43 bits per heavy atom. The van der Waals surface area contributed by atoms with Gasteiger partial charge in [-0.1, -0.05) is 25.3 Å². The normalized spacial score (nSPS) is 19.1. The van der Waals surface area contributed by atoms with E-state index in [1.807, 2.05) is 22.9 Å². The van der Waals surface area contributed by atoms with Gasteiger partial charge in [0.2, 0.25) is 5.78 Å². The zero-order valence-corrected chi connectivity index (χ0v) is 9.87. The highest BCUT2D eigenvalue weighted by molar-refractivity contribution is 6.81. The second-order valence-corrected chi connectivity index (χ2v) is 9.91. The molecule has 0 bridgehead atoms. The first-order valence-corrected chi connectivity index (χ1v) is 8.47. The topological polar surface area (TPSA) is 22.0 Å². The van der Waals surface area contributed by atoms with E-state index in [1.165, 1.54) is 0 Å². The molecule has 1 aromatic heterocycles. The van der Waals surface area contributed by atoms with Gasteiger partial charge in [0.05, 0.1) is 20.3 Å². The minimum absolute atomic E-state index is 0.220. The van der Waals surface area contributed by atoms with Crippen LogP contribution in [0.1, 0.15) is 10.5 Å². The fraction of sp³-hybridized carbons (Fsp3) is 0.364. The van der Waals surface area contributed by atoms with E-state index in [1.54, 1.807) is 0 Å². The molecular weight excluding hydrogens is 190 g/mol. The molecule has 0 spiro atoms. The highest BCUT2D eigenvalue weighted by atomic mass is 28.3. The number of rotatable bonds is 1. The van der Waals surface area contributed by atoms with Crippen molar-refractivity contribution < 1.29 is 4.79 Å². The van der Waals surface area contributed by atoms with Crippen LogP contribution in [0.25, 0.3) is 0 Å². The molecule has 0 saturated heterocycles. The second kappa shape index (κ2) is 2.95. The maximum absolute atomic E-state index is 11.9. The second-order valence-electron chi connectivity index (χ2n) is 4.89. The van der Waals surface area contributed by atoms with Crippen molar-refractivity contribution in [3.63, 3.8) is 0 Å². The summed E-state index contributed by atoms with van der Waals surface area (Å²) in [7, 11) is -1.27. The zero-order valence-electron chi connectivity index (χ0n) is 8.87. The molecule has 1 aliphatic rings. The van der Waals surface area contributed by atoms with Crippen LogP contribution in [0.15, 0.2) is 29.6 Å². The Hall–Kier alpha value is -1.09. The van der Waals surface area contributed by atoms with Gasteiger partial charge in [-0.05, 0) is 12.1 Å². The van der Waals surface area contributed by atoms with Crippen LogP contribution in [0.3, 0.4) is 0 Å². The number of carbonyl (C=O) groups excluding carboxylic acids is 1. The van der Waals surface area contributed by atoms with Crippen molar-refractivity contribution in [2.45, 2.75) is 26.2 Å². The Kier molecular flexibility index (Phi) is 1.99. The lowest BCUT2D eigenvalue weighted by molar-refractivity contribution is 0.103. The van der Waals surface area contributed by atoms with Gasteiger partial charge >= 0.3 is 0 Å². The maximum Gasteiger partial charge on any atom is 0.206 e. The number of aromatic nitrogens is 1. The summed E-state index contributed by atoms with van der Waals surface area (Å²) in [4.78, 5) is 11.9. The fourth-order valence-corrected chi connectivity index (χ4v) is 3.08. The number of hydrogen-bond acceptors (Lipinski definition) is 1. The lowest BCUT2D eigenvalue weighted by atomic mass is 10.2. The van der Waals surface area contributed by atoms with Crippen LogP contribution >= 0.6 is 0 Å². The molecule has 0 saturated carbocycles. The van der Waals surface area contributed by atoms with Crippen molar-refractivity contribution in [2.24, 2.45) is 0 Å². The van der Waals surface area contributed by atoms with Crippen molar-refractivity contribution in [3.05, 3.63) is 35.3 Å². The molecule has 0 unspecified atom stereocenters. The van der Waals surface area contributed by atoms with Crippen LogP contribution in [-0.4, -0.2) is 18.4 Å². The summed E-state index contributed by atoms with van der Waals surface area (Å²) in [5.74, 6) is 0.220. The first-order valence-electron chi connectivity index (χ1n) is 4.89. The fourth-order valence-electron chi connectivity index (χ4n) is 1.81. The highest BCUT2D eigenvalue weighted by Crippen LogP contribution is 2.22. The Morgan fingerprint density at radius 2 is 2.14 bits per heavy atom. The van der Waals surface area contributed by atoms with Crippen molar-refractivity contribution in [1.29, 1.82) is 0 Å². The summed E-state index contributed by atoms with van der Waals surface area (Å²) >= 11 is 0. The highest BCUT2D eigenvalue weighted by Gasteiger charge is 2.25. The number of Topliss-reactive ketones (excluding diaryl/α,β-unsaturated/α-hetero) is 1. The average Bonchev–Trinajstić information content (AvgIpc) is 2.55. The third-order valence-electron chi connectivity index (χ3n) is 2.30. The van der Waals surface area contributed by atoms with Crippen LogP contribution < -0.4 is 0 Å². The van der Waals surface area contributed by atoms with Crippen LogP contribution in [0.5, 0.6) is 0 Å². The quantitative estimate of drug-likeness (QED) is 0.510. The summed E-state index contributed by atoms with van der Waals surface area (Å²) < 4.78 is 2.02. The van der Waals surface area contributed by atoms with Gasteiger partial charge in [-0.15, -0.1) is 0 Å². The van der Waals surface area contributed by atoms with Gasteiger partial charge in [-0.25, -0.2) is 0 Å². The van der Waals surface area contributed by atoms with E-state index in [9.17, 15) is 4.79 Å². The molecule has 0 fully saturated rings. The Balaban J connectivity index is 2.35. The molecule has 0 atom stereocenters. The Labute approximate surface area is 85.3 Å². The maximum atomic E-state index is 11.9. The summed E-state index contributed by atoms with van der Waals surface area (Å²) in [6.45, 7) is 7.52. The minimum Gasteiger partial charge on any atom is -0.340 e. The largest absolute Gasteiger partial charge is 0.340 e. The molecule has 0 aromatic carbocycles. The van der Waals surface area contributed by atoms with Crippen LogP contribution in [0, 0.1) is 0 Å². The van der Waals surface area contributed by atoms with Gasteiger partial charge in [0.25, 0.3) is 0 Å². The first kappa shape index (κ1) is 9.46. The predicted molar refractivity (Wildman–Crippen MR) is 60.2 cm³/mol. The third kappa shape index (κ3) is 1.59. The molecule has 0 amide bonds. The predicted octanol–water partition coefficient (Wildman–Crippen LogP) is 2.49. The smallest absolute Gasteiger partial charge is 0.206 e. The standard InChI is InChI=1S/C11H15NOSi/c1-14(2,3)8-9-7-12-6-4-5-10(12)11(9)13/h4-6,8H,7H2,1-3H3/b9-8-. The number of allylic oxidation sites excluding steroid dienone is 1. The minimum atomic E-state index is -1.27. The summed E-state index contributed by atoms with van der Waals surface area (Å²) in [6, 6.07) is 3.83. The van der Waals surface area contributed by atoms with Crippen molar-refractivity contribution in [2.75, 3.05) is 0 Å². The SMILES string of the molecule is C[Si](C)(C)/C=C1/Cn2cccc2C1=O. The van der Waals surface area contributed by atoms with Crippen molar-refractivity contribution in [1.82, 2.24) is 4.57 Å². The third-order valence-corrected chi connectivity index (χ3v) is 3.52. The molecule has 0 N–H and O–H groups in total. The summed E-state index contributed by atoms with van der Waals surface area (Å²) in [5.41, 5.74) is 4.04. The Morgan fingerprint density at radius 3 is 2.71 bits per heavy atom.